The zero-order chi connectivity index (χ0) is 44.8. The van der Waals surface area contributed by atoms with Gasteiger partial charge in [-0.25, -0.2) is 0 Å². The second-order valence-corrected chi connectivity index (χ2v) is 20.0. The summed E-state index contributed by atoms with van der Waals surface area (Å²) in [7, 11) is 0. The minimum Gasteiger partial charge on any atom is -0.494 e. The van der Waals surface area contributed by atoms with Crippen LogP contribution in [0.3, 0.4) is 0 Å². The first-order valence-electron chi connectivity index (χ1n) is 23.8. The van der Waals surface area contributed by atoms with Gasteiger partial charge in [-0.2, -0.15) is 0 Å². The van der Waals surface area contributed by atoms with Crippen molar-refractivity contribution in [3.8, 4) is 54.6 Å². The third kappa shape index (κ3) is 7.00. The number of benzene rings is 7. The van der Waals surface area contributed by atoms with Crippen molar-refractivity contribution in [2.24, 2.45) is 0 Å². The Kier molecular flexibility index (Phi) is 11.4. The van der Waals surface area contributed by atoms with Crippen molar-refractivity contribution in [3.63, 3.8) is 0 Å². The standard InChI is InChI=1S/C60H54O4S2/c1-3-5-7-17-35-63-41-31-27-39(28-32-41)57-55(59(61)49-23-13-9-19-43(49)44-20-10-14-24-50(44)59)47-37-54-48(38-53(47)65-57)56(58(66-54)40-29-33-42(34-30-40)64-36-18-8-6-4-2)60(62)51-25-15-11-21-45(51)46-22-12-16-26-52(46)60/h9-16,19-34,37-38,61-62H,3-8,17-18,35-36H2,1-2H3. The molecule has 6 heteroatoms. The number of aliphatic hydroxyl groups is 2. The molecular weight excluding hydrogens is 849 g/mol. The number of hydrogen-bond acceptors (Lipinski definition) is 6. The second-order valence-electron chi connectivity index (χ2n) is 17.9. The lowest BCUT2D eigenvalue weighted by molar-refractivity contribution is 0.133. The van der Waals surface area contributed by atoms with Gasteiger partial charge in [0.15, 0.2) is 0 Å². The Morgan fingerprint density at radius 3 is 1.08 bits per heavy atom. The lowest BCUT2D eigenvalue weighted by atomic mass is 9.80. The molecule has 66 heavy (non-hydrogen) atoms. The average molecular weight is 903 g/mol. The van der Waals surface area contributed by atoms with Gasteiger partial charge >= 0.3 is 0 Å². The predicted octanol–water partition coefficient (Wildman–Crippen LogP) is 15.9. The molecule has 11 rings (SSSR count). The molecule has 0 unspecified atom stereocenters. The van der Waals surface area contributed by atoms with Crippen LogP contribution >= 0.6 is 22.7 Å². The Bertz CT molecular complexity index is 2900. The lowest BCUT2D eigenvalue weighted by Crippen LogP contribution is -2.26. The Morgan fingerprint density at radius 2 is 0.742 bits per heavy atom. The van der Waals surface area contributed by atoms with Gasteiger partial charge in [-0.1, -0.05) is 149 Å². The van der Waals surface area contributed by atoms with Crippen molar-refractivity contribution < 1.29 is 19.7 Å². The van der Waals surface area contributed by atoms with Crippen LogP contribution in [0.4, 0.5) is 0 Å². The Morgan fingerprint density at radius 1 is 0.409 bits per heavy atom. The zero-order valence-corrected chi connectivity index (χ0v) is 39.2. The summed E-state index contributed by atoms with van der Waals surface area (Å²) in [6.45, 7) is 5.84. The smallest absolute Gasteiger partial charge is 0.143 e. The number of rotatable bonds is 16. The highest BCUT2D eigenvalue weighted by molar-refractivity contribution is 7.24. The molecule has 330 valence electrons. The summed E-state index contributed by atoms with van der Waals surface area (Å²) in [5, 5.41) is 29.5. The molecule has 0 saturated carbocycles. The number of fused-ring (bicyclic) bond motifs is 8. The van der Waals surface area contributed by atoms with E-state index in [2.05, 4.69) is 147 Å². The molecule has 0 radical (unpaired) electrons. The Labute approximate surface area is 395 Å². The molecule has 2 N–H and O–H groups in total. The number of ether oxygens (including phenoxy) is 2. The minimum absolute atomic E-state index is 0.695. The molecule has 2 aromatic heterocycles. The fraction of sp³-hybridized carbons (Fsp3) is 0.233. The van der Waals surface area contributed by atoms with Gasteiger partial charge in [0, 0.05) is 63.3 Å². The molecule has 0 spiro atoms. The topological polar surface area (TPSA) is 58.9 Å². The van der Waals surface area contributed by atoms with Crippen molar-refractivity contribution in [2.75, 3.05) is 13.2 Å². The molecule has 7 aromatic carbocycles. The van der Waals surface area contributed by atoms with Gasteiger partial charge in [0.2, 0.25) is 0 Å². The first-order chi connectivity index (χ1) is 32.4. The SMILES string of the molecule is CCCCCCOc1ccc(-c2sc3cc4c(C5(O)c6ccccc6-c6ccccc65)c(-c5ccc(OCCCCCC)cc5)sc4cc3c2C2(O)c3ccccc3-c3ccccc32)cc1. The summed E-state index contributed by atoms with van der Waals surface area (Å²) in [4.78, 5) is 2.02. The molecule has 0 amide bonds. The largest absolute Gasteiger partial charge is 0.494 e. The molecule has 2 aliphatic carbocycles. The van der Waals surface area contributed by atoms with Crippen LogP contribution in [0.2, 0.25) is 0 Å². The van der Waals surface area contributed by atoms with Crippen LogP contribution in [0.5, 0.6) is 11.5 Å². The molecule has 0 bridgehead atoms. The molecule has 0 aliphatic heterocycles. The van der Waals surface area contributed by atoms with Gasteiger partial charge in [-0.15, -0.1) is 22.7 Å². The summed E-state index contributed by atoms with van der Waals surface area (Å²) in [6, 6.07) is 54.7. The van der Waals surface area contributed by atoms with Gasteiger partial charge in [0.1, 0.15) is 22.7 Å². The summed E-state index contributed by atoms with van der Waals surface area (Å²) < 4.78 is 14.5. The first-order valence-corrected chi connectivity index (χ1v) is 25.4. The second kappa shape index (κ2) is 17.7. The molecule has 2 aliphatic rings. The third-order valence-electron chi connectivity index (χ3n) is 13.8. The normalized spacial score (nSPS) is 14.0. The third-order valence-corrected chi connectivity index (χ3v) is 16.2. The maximum atomic E-state index is 13.7. The molecule has 4 nitrogen and oxygen atoms in total. The summed E-state index contributed by atoms with van der Waals surface area (Å²) in [5.41, 5.74) is 8.65. The summed E-state index contributed by atoms with van der Waals surface area (Å²) in [6.07, 6.45) is 9.22. The highest BCUT2D eigenvalue weighted by atomic mass is 32.1. The zero-order valence-electron chi connectivity index (χ0n) is 37.6. The quantitative estimate of drug-likeness (QED) is 0.0949. The van der Waals surface area contributed by atoms with Crippen LogP contribution in [-0.2, 0) is 11.2 Å². The molecular formula is C60H54O4S2. The van der Waals surface area contributed by atoms with E-state index in [9.17, 15) is 10.2 Å². The van der Waals surface area contributed by atoms with E-state index in [1.54, 1.807) is 22.7 Å². The van der Waals surface area contributed by atoms with Gasteiger partial charge < -0.3 is 19.7 Å². The minimum atomic E-state index is -1.43. The molecule has 0 atom stereocenters. The highest BCUT2D eigenvalue weighted by Crippen LogP contribution is 2.60. The summed E-state index contributed by atoms with van der Waals surface area (Å²) >= 11 is 3.41. The van der Waals surface area contributed by atoms with Crippen LogP contribution in [-0.4, -0.2) is 23.4 Å². The Balaban J connectivity index is 1.13. The van der Waals surface area contributed by atoms with Crippen LogP contribution in [0.25, 0.3) is 63.3 Å². The summed E-state index contributed by atoms with van der Waals surface area (Å²) in [5.74, 6) is 1.70. The predicted molar refractivity (Wildman–Crippen MR) is 275 cm³/mol. The first kappa shape index (κ1) is 42.6. The lowest BCUT2D eigenvalue weighted by Gasteiger charge is -2.28. The van der Waals surface area contributed by atoms with E-state index in [-0.39, 0.29) is 0 Å². The van der Waals surface area contributed by atoms with Crippen molar-refractivity contribution in [3.05, 3.63) is 191 Å². The van der Waals surface area contributed by atoms with E-state index >= 15 is 0 Å². The maximum absolute atomic E-state index is 13.7. The number of thiophene rings is 2. The van der Waals surface area contributed by atoms with E-state index in [1.807, 2.05) is 24.3 Å². The highest BCUT2D eigenvalue weighted by Gasteiger charge is 2.48. The van der Waals surface area contributed by atoms with Crippen LogP contribution in [0.15, 0.2) is 158 Å². The van der Waals surface area contributed by atoms with Crippen LogP contribution < -0.4 is 9.47 Å². The molecule has 0 fully saturated rings. The fourth-order valence-corrected chi connectivity index (χ4v) is 13.2. The molecule has 9 aromatic rings. The number of hydrogen-bond donors (Lipinski definition) is 2. The fourth-order valence-electron chi connectivity index (χ4n) is 10.6. The van der Waals surface area contributed by atoms with Crippen LogP contribution in [0, 0.1) is 0 Å². The van der Waals surface area contributed by atoms with E-state index < -0.39 is 11.2 Å². The van der Waals surface area contributed by atoms with Gasteiger partial charge in [-0.3, -0.25) is 0 Å². The molecule has 0 saturated heterocycles. The Hall–Kier alpha value is -6.02. The monoisotopic (exact) mass is 902 g/mol. The van der Waals surface area contributed by atoms with Crippen molar-refractivity contribution >= 4 is 42.8 Å². The van der Waals surface area contributed by atoms with E-state index in [0.717, 1.165) is 121 Å². The van der Waals surface area contributed by atoms with Crippen molar-refractivity contribution in [1.29, 1.82) is 0 Å². The van der Waals surface area contributed by atoms with E-state index in [4.69, 9.17) is 9.47 Å². The van der Waals surface area contributed by atoms with Gasteiger partial charge in [-0.05, 0) is 107 Å². The van der Waals surface area contributed by atoms with Gasteiger partial charge in [0.05, 0.1) is 13.2 Å². The number of unbranched alkanes of at least 4 members (excludes halogenated alkanes) is 6. The average Bonchev–Trinajstić information content (AvgIpc) is 4.08. The molecule has 2 heterocycles. The van der Waals surface area contributed by atoms with E-state index in [1.165, 1.54) is 38.5 Å². The van der Waals surface area contributed by atoms with E-state index in [0.29, 0.717) is 13.2 Å². The maximum Gasteiger partial charge on any atom is 0.143 e. The van der Waals surface area contributed by atoms with Crippen LogP contribution in [0.1, 0.15) is 98.6 Å². The van der Waals surface area contributed by atoms with Crippen molar-refractivity contribution in [2.45, 2.75) is 76.4 Å². The van der Waals surface area contributed by atoms with Crippen molar-refractivity contribution in [1.82, 2.24) is 0 Å². The van der Waals surface area contributed by atoms with Gasteiger partial charge in [0.25, 0.3) is 0 Å².